The van der Waals surface area contributed by atoms with Crippen LogP contribution >= 0.6 is 0 Å². The summed E-state index contributed by atoms with van der Waals surface area (Å²) in [7, 11) is -4.32. The van der Waals surface area contributed by atoms with Gasteiger partial charge in [-0.3, -0.25) is 13.9 Å². The molecule has 0 heterocycles. The normalized spacial score (nSPS) is 12.5. The minimum Gasteiger partial charge on any atom is -0.350 e. The fourth-order valence-corrected chi connectivity index (χ4v) is 5.26. The number of carbonyl (C=O) groups is 2. The molecule has 0 bridgehead atoms. The van der Waals surface area contributed by atoms with E-state index in [-0.39, 0.29) is 23.0 Å². The third kappa shape index (κ3) is 7.19. The Kier molecular flexibility index (Phi) is 8.93. The van der Waals surface area contributed by atoms with E-state index in [2.05, 4.69) is 5.32 Å². The number of anilines is 1. The van der Waals surface area contributed by atoms with E-state index >= 15 is 0 Å². The van der Waals surface area contributed by atoms with Gasteiger partial charge in [-0.25, -0.2) is 12.8 Å². The van der Waals surface area contributed by atoms with Crippen molar-refractivity contribution in [3.05, 3.63) is 95.8 Å². The second kappa shape index (κ2) is 11.8. The molecule has 0 saturated heterocycles. The lowest BCUT2D eigenvalue weighted by Crippen LogP contribution is -2.54. The predicted octanol–water partition coefficient (Wildman–Crippen LogP) is 4.66. The lowest BCUT2D eigenvalue weighted by Gasteiger charge is -2.33. The number of amides is 2. The molecule has 3 aromatic carbocycles. The molecule has 7 nitrogen and oxygen atoms in total. The lowest BCUT2D eigenvalue weighted by atomic mass is 10.1. The monoisotopic (exact) mass is 539 g/mol. The molecule has 0 spiro atoms. The Morgan fingerprint density at radius 2 is 1.50 bits per heavy atom. The van der Waals surface area contributed by atoms with Crippen LogP contribution in [0.15, 0.2) is 83.8 Å². The molecular formula is C29H34FN3O4S. The Labute approximate surface area is 224 Å². The number of benzene rings is 3. The Balaban J connectivity index is 2.04. The first kappa shape index (κ1) is 28.8. The zero-order valence-corrected chi connectivity index (χ0v) is 23.1. The van der Waals surface area contributed by atoms with E-state index in [4.69, 9.17) is 0 Å². The van der Waals surface area contributed by atoms with Crippen LogP contribution in [0.1, 0.15) is 38.8 Å². The van der Waals surface area contributed by atoms with Gasteiger partial charge in [0.05, 0.1) is 10.6 Å². The number of carbonyl (C=O) groups excluding carboxylic acids is 2. The summed E-state index contributed by atoms with van der Waals surface area (Å²) in [6.07, 6.45) is 0. The van der Waals surface area contributed by atoms with Gasteiger partial charge in [-0.2, -0.15) is 0 Å². The zero-order valence-electron chi connectivity index (χ0n) is 22.3. The van der Waals surface area contributed by atoms with Crippen LogP contribution in [-0.2, 0) is 26.2 Å². The Hall–Kier alpha value is -3.72. The van der Waals surface area contributed by atoms with Crippen LogP contribution in [0.3, 0.4) is 0 Å². The van der Waals surface area contributed by atoms with Gasteiger partial charge in [0.1, 0.15) is 18.4 Å². The van der Waals surface area contributed by atoms with Gasteiger partial charge in [-0.05, 0) is 64.4 Å². The smallest absolute Gasteiger partial charge is 0.264 e. The van der Waals surface area contributed by atoms with Crippen molar-refractivity contribution < 1.29 is 22.4 Å². The van der Waals surface area contributed by atoms with Gasteiger partial charge in [-0.1, -0.05) is 60.2 Å². The maximum atomic E-state index is 14.9. The standard InChI is InChI=1S/C29H34FN3O4S/c1-21-15-17-24(18-16-21)38(36,37)33(26-14-10-9-13-25(26)30)20-27(34)32(19-23-11-7-6-8-12-23)22(2)28(35)31-29(3,4)5/h6-18,22H,19-20H2,1-5H3,(H,31,35). The number of halogens is 1. The van der Waals surface area contributed by atoms with Crippen molar-refractivity contribution in [1.29, 1.82) is 0 Å². The first-order chi connectivity index (χ1) is 17.8. The fraction of sp³-hybridized carbons (Fsp3) is 0.310. The molecule has 202 valence electrons. The summed E-state index contributed by atoms with van der Waals surface area (Å²) in [4.78, 5) is 28.1. The highest BCUT2D eigenvalue weighted by molar-refractivity contribution is 7.92. The Morgan fingerprint density at radius 1 is 0.921 bits per heavy atom. The molecule has 1 atom stereocenters. The van der Waals surface area contributed by atoms with Crippen molar-refractivity contribution in [2.45, 2.75) is 57.6 Å². The van der Waals surface area contributed by atoms with Gasteiger partial charge in [0.2, 0.25) is 11.8 Å². The van der Waals surface area contributed by atoms with E-state index in [1.165, 1.54) is 35.2 Å². The zero-order chi connectivity index (χ0) is 28.1. The van der Waals surface area contributed by atoms with Gasteiger partial charge in [0.15, 0.2) is 0 Å². The van der Waals surface area contributed by atoms with Crippen molar-refractivity contribution >= 4 is 27.5 Å². The van der Waals surface area contributed by atoms with Crippen LogP contribution in [0.5, 0.6) is 0 Å². The van der Waals surface area contributed by atoms with Crippen molar-refractivity contribution in [3.8, 4) is 0 Å². The topological polar surface area (TPSA) is 86.8 Å². The Morgan fingerprint density at radius 3 is 2.08 bits per heavy atom. The summed E-state index contributed by atoms with van der Waals surface area (Å²) in [5.74, 6) is -1.82. The first-order valence-electron chi connectivity index (χ1n) is 12.3. The number of nitrogens with one attached hydrogen (secondary N) is 1. The highest BCUT2D eigenvalue weighted by Gasteiger charge is 2.34. The number of hydrogen-bond acceptors (Lipinski definition) is 4. The summed E-state index contributed by atoms with van der Waals surface area (Å²) in [5.41, 5.74) is 0.814. The number of aryl methyl sites for hydroxylation is 1. The molecule has 9 heteroatoms. The molecule has 1 N–H and O–H groups in total. The molecule has 0 aliphatic rings. The van der Waals surface area contributed by atoms with Crippen LogP contribution < -0.4 is 9.62 Å². The quantitative estimate of drug-likeness (QED) is 0.429. The number of para-hydroxylation sites is 1. The minimum absolute atomic E-state index is 0.0636. The van der Waals surface area contributed by atoms with E-state index in [1.54, 1.807) is 19.1 Å². The van der Waals surface area contributed by atoms with E-state index < -0.39 is 39.9 Å². The van der Waals surface area contributed by atoms with Crippen LogP contribution in [0.25, 0.3) is 0 Å². The summed E-state index contributed by atoms with van der Waals surface area (Å²) >= 11 is 0. The summed E-state index contributed by atoms with van der Waals surface area (Å²) in [6, 6.07) is 19.7. The average molecular weight is 540 g/mol. The Bertz CT molecular complexity index is 1370. The molecule has 0 saturated carbocycles. The van der Waals surface area contributed by atoms with Crippen molar-refractivity contribution in [2.24, 2.45) is 0 Å². The van der Waals surface area contributed by atoms with Crippen molar-refractivity contribution in [1.82, 2.24) is 10.2 Å². The number of sulfonamides is 1. The molecule has 1 unspecified atom stereocenters. The van der Waals surface area contributed by atoms with Gasteiger partial charge >= 0.3 is 0 Å². The maximum Gasteiger partial charge on any atom is 0.264 e. The van der Waals surface area contributed by atoms with Crippen LogP contribution in [0.2, 0.25) is 0 Å². The van der Waals surface area contributed by atoms with Gasteiger partial charge in [0.25, 0.3) is 10.0 Å². The highest BCUT2D eigenvalue weighted by Crippen LogP contribution is 2.27. The van der Waals surface area contributed by atoms with Crippen LogP contribution in [0.4, 0.5) is 10.1 Å². The molecule has 3 aromatic rings. The van der Waals surface area contributed by atoms with E-state index in [9.17, 15) is 22.4 Å². The average Bonchev–Trinajstić information content (AvgIpc) is 2.85. The molecule has 0 aliphatic heterocycles. The minimum atomic E-state index is -4.32. The second-order valence-corrected chi connectivity index (χ2v) is 12.1. The van der Waals surface area contributed by atoms with Gasteiger partial charge < -0.3 is 10.2 Å². The van der Waals surface area contributed by atoms with Gasteiger partial charge in [-0.15, -0.1) is 0 Å². The number of hydrogen-bond donors (Lipinski definition) is 1. The van der Waals surface area contributed by atoms with E-state index in [1.807, 2.05) is 58.0 Å². The summed E-state index contributed by atoms with van der Waals surface area (Å²) < 4.78 is 43.1. The molecule has 38 heavy (non-hydrogen) atoms. The van der Waals surface area contributed by atoms with Crippen molar-refractivity contribution in [3.63, 3.8) is 0 Å². The lowest BCUT2D eigenvalue weighted by molar-refractivity contribution is -0.140. The SMILES string of the molecule is Cc1ccc(S(=O)(=O)N(CC(=O)N(Cc2ccccc2)C(C)C(=O)NC(C)(C)C)c2ccccc2F)cc1. The first-order valence-corrected chi connectivity index (χ1v) is 13.7. The van der Waals surface area contributed by atoms with E-state index in [0.717, 1.165) is 21.5 Å². The predicted molar refractivity (Wildman–Crippen MR) is 146 cm³/mol. The molecule has 2 amide bonds. The largest absolute Gasteiger partial charge is 0.350 e. The molecular weight excluding hydrogens is 505 g/mol. The molecule has 0 radical (unpaired) electrons. The van der Waals surface area contributed by atoms with Gasteiger partial charge in [0, 0.05) is 12.1 Å². The maximum absolute atomic E-state index is 14.9. The number of rotatable bonds is 9. The fourth-order valence-electron chi connectivity index (χ4n) is 3.84. The number of nitrogens with zero attached hydrogens (tertiary/aromatic N) is 2. The van der Waals surface area contributed by atoms with Crippen LogP contribution in [0, 0.1) is 12.7 Å². The third-order valence-electron chi connectivity index (χ3n) is 5.87. The molecule has 0 aliphatic carbocycles. The highest BCUT2D eigenvalue weighted by atomic mass is 32.2. The second-order valence-electron chi connectivity index (χ2n) is 10.2. The molecule has 0 fully saturated rings. The van der Waals surface area contributed by atoms with Crippen molar-refractivity contribution in [2.75, 3.05) is 10.8 Å². The summed E-state index contributed by atoms with van der Waals surface area (Å²) in [5, 5.41) is 2.87. The molecule has 0 aromatic heterocycles. The third-order valence-corrected chi connectivity index (χ3v) is 7.64. The van der Waals surface area contributed by atoms with Crippen LogP contribution in [-0.4, -0.2) is 43.3 Å². The van der Waals surface area contributed by atoms with E-state index in [0.29, 0.717) is 0 Å². The molecule has 3 rings (SSSR count). The summed E-state index contributed by atoms with van der Waals surface area (Å²) in [6.45, 7) is 8.26.